The largest absolute Gasteiger partial charge is 0.388 e. The number of nitrogens with zero attached hydrogens (tertiary/aromatic N) is 2. The van der Waals surface area contributed by atoms with Crippen LogP contribution in [0.15, 0.2) is 35.0 Å². The first-order chi connectivity index (χ1) is 9.24. The zero-order valence-corrected chi connectivity index (χ0v) is 12.1. The molecule has 1 fully saturated rings. The molecule has 19 heavy (non-hydrogen) atoms. The molecule has 1 saturated carbocycles. The number of rotatable bonds is 5. The number of anilines is 1. The van der Waals surface area contributed by atoms with Crippen molar-refractivity contribution in [2.75, 3.05) is 4.90 Å². The minimum Gasteiger partial charge on any atom is -0.388 e. The van der Waals surface area contributed by atoms with Crippen molar-refractivity contribution in [3.8, 4) is 0 Å². The van der Waals surface area contributed by atoms with Crippen LogP contribution in [-0.2, 0) is 6.54 Å². The van der Waals surface area contributed by atoms with Gasteiger partial charge in [0.2, 0.25) is 0 Å². The maximum atomic E-state index is 5.66. The Bertz CT molecular complexity index is 576. The van der Waals surface area contributed by atoms with Crippen LogP contribution in [0, 0.1) is 0 Å². The number of hydrogen-bond acceptors (Lipinski definition) is 4. The minimum absolute atomic E-state index is 0.355. The fourth-order valence-corrected chi connectivity index (χ4v) is 2.86. The third kappa shape index (κ3) is 2.93. The van der Waals surface area contributed by atoms with Gasteiger partial charge in [0.05, 0.1) is 5.69 Å². The lowest BCUT2D eigenvalue weighted by atomic mass is 10.3. The Hall–Kier alpha value is -1.46. The van der Waals surface area contributed by atoms with E-state index in [0.717, 1.165) is 12.4 Å². The molecule has 3 nitrogen and oxygen atoms in total. The van der Waals surface area contributed by atoms with Gasteiger partial charge in [-0.1, -0.05) is 18.3 Å². The minimum atomic E-state index is 0.355. The maximum Gasteiger partial charge on any atom is 0.129 e. The van der Waals surface area contributed by atoms with E-state index in [0.29, 0.717) is 16.7 Å². The van der Waals surface area contributed by atoms with Gasteiger partial charge in [0.1, 0.15) is 10.8 Å². The maximum absolute atomic E-state index is 5.66. The summed E-state index contributed by atoms with van der Waals surface area (Å²) in [5.74, 6) is 0.971. The Morgan fingerprint density at radius 3 is 2.89 bits per heavy atom. The molecular weight excluding hydrogens is 274 g/mol. The molecule has 0 amide bonds. The fourth-order valence-electron chi connectivity index (χ4n) is 2.08. The van der Waals surface area contributed by atoms with Crippen molar-refractivity contribution >= 4 is 34.4 Å². The van der Waals surface area contributed by atoms with Crippen LogP contribution < -0.4 is 10.6 Å². The molecule has 0 spiro atoms. The normalized spacial score (nSPS) is 14.3. The Kier molecular flexibility index (Phi) is 3.48. The number of aromatic nitrogens is 1. The van der Waals surface area contributed by atoms with Gasteiger partial charge < -0.3 is 10.6 Å². The number of nitrogens with two attached hydrogens (primary N) is 1. The molecule has 0 radical (unpaired) electrons. The molecular formula is C14H15N3S2. The first-order valence-corrected chi connectivity index (χ1v) is 7.64. The second-order valence-corrected chi connectivity index (χ2v) is 5.96. The summed E-state index contributed by atoms with van der Waals surface area (Å²) in [7, 11) is 0. The number of thiophene rings is 1. The number of hydrogen-bond donors (Lipinski definition) is 1. The Balaban J connectivity index is 1.87. The summed E-state index contributed by atoms with van der Waals surface area (Å²) in [6.07, 6.45) is 2.48. The Labute approximate surface area is 122 Å². The van der Waals surface area contributed by atoms with Crippen LogP contribution in [0.4, 0.5) is 5.82 Å². The van der Waals surface area contributed by atoms with Crippen LogP contribution in [0.5, 0.6) is 0 Å². The average molecular weight is 289 g/mol. The van der Waals surface area contributed by atoms with Crippen LogP contribution in [-0.4, -0.2) is 16.0 Å². The number of pyridine rings is 1. The second-order valence-electron chi connectivity index (χ2n) is 4.74. The summed E-state index contributed by atoms with van der Waals surface area (Å²) in [4.78, 5) is 7.28. The summed E-state index contributed by atoms with van der Waals surface area (Å²) in [6, 6.07) is 8.64. The highest BCUT2D eigenvalue weighted by molar-refractivity contribution is 7.80. The number of thiocarbonyl (C=S) groups is 1. The van der Waals surface area contributed by atoms with E-state index in [1.165, 1.54) is 18.4 Å². The quantitative estimate of drug-likeness (QED) is 0.859. The van der Waals surface area contributed by atoms with Gasteiger partial charge in [-0.3, -0.25) is 0 Å². The lowest BCUT2D eigenvalue weighted by Crippen LogP contribution is -2.26. The fraction of sp³-hybridized carbons (Fsp3) is 0.286. The van der Waals surface area contributed by atoms with Crippen LogP contribution in [0.1, 0.15) is 24.1 Å². The van der Waals surface area contributed by atoms with Crippen LogP contribution in [0.25, 0.3) is 0 Å². The van der Waals surface area contributed by atoms with Crippen LogP contribution in [0.2, 0.25) is 0 Å². The summed E-state index contributed by atoms with van der Waals surface area (Å²) < 4.78 is 0. The third-order valence-electron chi connectivity index (χ3n) is 3.20. The van der Waals surface area contributed by atoms with E-state index in [4.69, 9.17) is 18.0 Å². The van der Waals surface area contributed by atoms with Crippen molar-refractivity contribution < 1.29 is 0 Å². The van der Waals surface area contributed by atoms with Crippen molar-refractivity contribution in [2.45, 2.75) is 25.4 Å². The van der Waals surface area contributed by atoms with Gasteiger partial charge in [-0.15, -0.1) is 0 Å². The predicted octanol–water partition coefficient (Wildman–Crippen LogP) is 2.95. The van der Waals surface area contributed by atoms with E-state index < -0.39 is 0 Å². The standard InChI is InChI=1S/C14H15N3S2/c15-14(18)12-2-1-3-13(16-12)17(11-4-5-11)8-10-6-7-19-9-10/h1-3,6-7,9,11H,4-5,8H2,(H2,15,18). The molecule has 2 aromatic heterocycles. The summed E-state index contributed by atoms with van der Waals surface area (Å²) in [5.41, 5.74) is 7.69. The lowest BCUT2D eigenvalue weighted by molar-refractivity contribution is 0.779. The van der Waals surface area contributed by atoms with E-state index in [1.54, 1.807) is 11.3 Å². The molecule has 2 heterocycles. The topological polar surface area (TPSA) is 42.1 Å². The molecule has 0 saturated heterocycles. The van der Waals surface area contributed by atoms with Crippen LogP contribution >= 0.6 is 23.6 Å². The summed E-state index contributed by atoms with van der Waals surface area (Å²) in [6.45, 7) is 0.905. The van der Waals surface area contributed by atoms with E-state index in [9.17, 15) is 0 Å². The molecule has 0 unspecified atom stereocenters. The zero-order chi connectivity index (χ0) is 13.2. The van der Waals surface area contributed by atoms with Gasteiger partial charge >= 0.3 is 0 Å². The van der Waals surface area contributed by atoms with E-state index in [2.05, 4.69) is 26.7 Å². The van der Waals surface area contributed by atoms with Gasteiger partial charge in [-0.25, -0.2) is 4.98 Å². The van der Waals surface area contributed by atoms with E-state index >= 15 is 0 Å². The molecule has 0 aliphatic heterocycles. The Morgan fingerprint density at radius 1 is 1.42 bits per heavy atom. The van der Waals surface area contributed by atoms with Gasteiger partial charge in [0.15, 0.2) is 0 Å². The first kappa shape index (κ1) is 12.6. The zero-order valence-electron chi connectivity index (χ0n) is 10.5. The average Bonchev–Trinajstić information content (AvgIpc) is 3.13. The van der Waals surface area contributed by atoms with E-state index in [-0.39, 0.29) is 0 Å². The molecule has 2 N–H and O–H groups in total. The van der Waals surface area contributed by atoms with Crippen LogP contribution in [0.3, 0.4) is 0 Å². The Morgan fingerprint density at radius 2 is 2.26 bits per heavy atom. The van der Waals surface area contributed by atoms with Crippen molar-refractivity contribution in [1.82, 2.24) is 4.98 Å². The lowest BCUT2D eigenvalue weighted by Gasteiger charge is -2.23. The van der Waals surface area contributed by atoms with Crippen molar-refractivity contribution in [3.05, 3.63) is 46.3 Å². The van der Waals surface area contributed by atoms with Gasteiger partial charge in [0, 0.05) is 12.6 Å². The molecule has 1 aliphatic rings. The molecule has 5 heteroatoms. The van der Waals surface area contributed by atoms with Gasteiger partial charge in [-0.05, 0) is 47.4 Å². The molecule has 0 bridgehead atoms. The SMILES string of the molecule is NC(=S)c1cccc(N(Cc2ccsc2)C2CC2)n1. The van der Waals surface area contributed by atoms with E-state index in [1.807, 2.05) is 18.2 Å². The second kappa shape index (κ2) is 5.27. The smallest absolute Gasteiger partial charge is 0.129 e. The molecule has 0 atom stereocenters. The van der Waals surface area contributed by atoms with Gasteiger partial charge in [0.25, 0.3) is 0 Å². The van der Waals surface area contributed by atoms with Gasteiger partial charge in [-0.2, -0.15) is 11.3 Å². The van der Waals surface area contributed by atoms with Crippen molar-refractivity contribution in [3.63, 3.8) is 0 Å². The van der Waals surface area contributed by atoms with Crippen molar-refractivity contribution in [2.24, 2.45) is 5.73 Å². The highest BCUT2D eigenvalue weighted by Gasteiger charge is 2.30. The molecule has 1 aliphatic carbocycles. The summed E-state index contributed by atoms with van der Waals surface area (Å²) in [5, 5.41) is 4.30. The monoisotopic (exact) mass is 289 g/mol. The molecule has 98 valence electrons. The molecule has 3 rings (SSSR count). The first-order valence-electron chi connectivity index (χ1n) is 6.28. The highest BCUT2D eigenvalue weighted by atomic mass is 32.1. The summed E-state index contributed by atoms with van der Waals surface area (Å²) >= 11 is 6.73. The molecule has 0 aromatic carbocycles. The third-order valence-corrected chi connectivity index (χ3v) is 4.14. The molecule has 2 aromatic rings. The van der Waals surface area contributed by atoms with Crippen molar-refractivity contribution in [1.29, 1.82) is 0 Å². The highest BCUT2D eigenvalue weighted by Crippen LogP contribution is 2.32. The predicted molar refractivity (Wildman–Crippen MR) is 83.6 cm³/mol.